The Morgan fingerprint density at radius 1 is 1.13 bits per heavy atom. The van der Waals surface area contributed by atoms with Gasteiger partial charge in [0.25, 0.3) is 0 Å². The zero-order chi connectivity index (χ0) is 16.2. The van der Waals surface area contributed by atoms with Crippen molar-refractivity contribution in [3.63, 3.8) is 0 Å². The quantitative estimate of drug-likeness (QED) is 0.944. The monoisotopic (exact) mass is 308 g/mol. The first-order valence-electron chi connectivity index (χ1n) is 7.83. The molecule has 2 aromatic carbocycles. The number of amides is 2. The number of carbonyl (C=O) groups excluding carboxylic acids is 2. The standard InChI is InChI=1S/C19H20N2O2/c1-14-7-5-6-8-15(14)12-20-19(23)16-11-18(22)21(13-16)17-9-3-2-4-10-17/h2-10,16H,11-13H2,1H3,(H,20,23). The maximum atomic E-state index is 12.4. The molecule has 1 fully saturated rings. The van der Waals surface area contributed by atoms with E-state index in [1.54, 1.807) is 4.90 Å². The molecule has 1 atom stereocenters. The number of carbonyl (C=O) groups is 2. The lowest BCUT2D eigenvalue weighted by molar-refractivity contribution is -0.126. The number of benzene rings is 2. The first-order valence-corrected chi connectivity index (χ1v) is 7.83. The summed E-state index contributed by atoms with van der Waals surface area (Å²) in [6.45, 7) is 2.97. The van der Waals surface area contributed by atoms with Gasteiger partial charge in [-0.15, -0.1) is 0 Å². The van der Waals surface area contributed by atoms with Crippen LogP contribution in [0.3, 0.4) is 0 Å². The SMILES string of the molecule is Cc1ccccc1CNC(=O)C1CC(=O)N(c2ccccc2)C1. The fourth-order valence-electron chi connectivity index (χ4n) is 2.88. The van der Waals surface area contributed by atoms with Crippen molar-refractivity contribution in [2.24, 2.45) is 5.92 Å². The second-order valence-corrected chi connectivity index (χ2v) is 5.89. The molecular formula is C19H20N2O2. The minimum Gasteiger partial charge on any atom is -0.352 e. The molecular weight excluding hydrogens is 288 g/mol. The van der Waals surface area contributed by atoms with Crippen molar-refractivity contribution in [2.45, 2.75) is 19.9 Å². The molecule has 1 aliphatic rings. The van der Waals surface area contributed by atoms with E-state index in [9.17, 15) is 9.59 Å². The summed E-state index contributed by atoms with van der Waals surface area (Å²) < 4.78 is 0. The molecule has 118 valence electrons. The van der Waals surface area contributed by atoms with E-state index in [1.165, 1.54) is 0 Å². The van der Waals surface area contributed by atoms with E-state index in [2.05, 4.69) is 5.32 Å². The minimum absolute atomic E-state index is 0.00671. The van der Waals surface area contributed by atoms with Crippen LogP contribution in [0.4, 0.5) is 5.69 Å². The lowest BCUT2D eigenvalue weighted by atomic mass is 10.1. The zero-order valence-electron chi connectivity index (χ0n) is 13.2. The van der Waals surface area contributed by atoms with E-state index in [4.69, 9.17) is 0 Å². The van der Waals surface area contributed by atoms with Gasteiger partial charge in [0, 0.05) is 25.2 Å². The van der Waals surface area contributed by atoms with Gasteiger partial charge in [0.2, 0.25) is 11.8 Å². The van der Waals surface area contributed by atoms with Gasteiger partial charge in [-0.3, -0.25) is 9.59 Å². The van der Waals surface area contributed by atoms with Crippen LogP contribution in [0, 0.1) is 12.8 Å². The van der Waals surface area contributed by atoms with Crippen LogP contribution in [0.15, 0.2) is 54.6 Å². The number of nitrogens with zero attached hydrogens (tertiary/aromatic N) is 1. The van der Waals surface area contributed by atoms with E-state index in [0.29, 0.717) is 13.1 Å². The Morgan fingerprint density at radius 2 is 1.83 bits per heavy atom. The van der Waals surface area contributed by atoms with Crippen LogP contribution < -0.4 is 10.2 Å². The molecule has 3 rings (SSSR count). The molecule has 0 spiro atoms. The van der Waals surface area contributed by atoms with Crippen molar-refractivity contribution in [3.05, 3.63) is 65.7 Å². The normalized spacial score (nSPS) is 17.3. The maximum Gasteiger partial charge on any atom is 0.227 e. The molecule has 1 unspecified atom stereocenters. The van der Waals surface area contributed by atoms with E-state index in [0.717, 1.165) is 16.8 Å². The number of aryl methyl sites for hydroxylation is 1. The fraction of sp³-hybridized carbons (Fsp3) is 0.263. The van der Waals surface area contributed by atoms with Gasteiger partial charge in [-0.1, -0.05) is 42.5 Å². The Balaban J connectivity index is 1.61. The van der Waals surface area contributed by atoms with Gasteiger partial charge in [0.15, 0.2) is 0 Å². The summed E-state index contributed by atoms with van der Waals surface area (Å²) in [7, 11) is 0. The zero-order valence-corrected chi connectivity index (χ0v) is 13.2. The summed E-state index contributed by atoms with van der Waals surface area (Å²) in [6.07, 6.45) is 0.272. The molecule has 0 saturated carbocycles. The largest absolute Gasteiger partial charge is 0.352 e. The molecule has 0 aliphatic carbocycles. The lowest BCUT2D eigenvalue weighted by Gasteiger charge is -2.16. The van der Waals surface area contributed by atoms with Crippen molar-refractivity contribution < 1.29 is 9.59 Å². The molecule has 0 radical (unpaired) electrons. The number of rotatable bonds is 4. The first kappa shape index (κ1) is 15.3. The van der Waals surface area contributed by atoms with E-state index in [1.807, 2.05) is 61.5 Å². The van der Waals surface area contributed by atoms with Crippen LogP contribution in [0.25, 0.3) is 0 Å². The highest BCUT2D eigenvalue weighted by molar-refractivity contribution is 6.00. The van der Waals surface area contributed by atoms with Crippen molar-refractivity contribution in [2.75, 3.05) is 11.4 Å². The molecule has 0 aromatic heterocycles. The average Bonchev–Trinajstić information content (AvgIpc) is 2.96. The number of para-hydroxylation sites is 1. The third kappa shape index (κ3) is 3.42. The Labute approximate surface area is 136 Å². The third-order valence-electron chi connectivity index (χ3n) is 4.28. The highest BCUT2D eigenvalue weighted by Crippen LogP contribution is 2.24. The molecule has 1 N–H and O–H groups in total. The van der Waals surface area contributed by atoms with Crippen molar-refractivity contribution >= 4 is 17.5 Å². The maximum absolute atomic E-state index is 12.4. The Kier molecular flexibility index (Phi) is 4.42. The van der Waals surface area contributed by atoms with Crippen molar-refractivity contribution in [3.8, 4) is 0 Å². The predicted molar refractivity (Wildman–Crippen MR) is 89.9 cm³/mol. The third-order valence-corrected chi connectivity index (χ3v) is 4.28. The molecule has 4 heteroatoms. The van der Waals surface area contributed by atoms with Crippen molar-refractivity contribution in [1.29, 1.82) is 0 Å². The highest BCUT2D eigenvalue weighted by atomic mass is 16.2. The average molecular weight is 308 g/mol. The van der Waals surface area contributed by atoms with E-state index in [-0.39, 0.29) is 24.2 Å². The number of hydrogen-bond acceptors (Lipinski definition) is 2. The fourth-order valence-corrected chi connectivity index (χ4v) is 2.88. The molecule has 23 heavy (non-hydrogen) atoms. The Morgan fingerprint density at radius 3 is 2.57 bits per heavy atom. The summed E-state index contributed by atoms with van der Waals surface area (Å²) >= 11 is 0. The van der Waals surface area contributed by atoms with E-state index < -0.39 is 0 Å². The van der Waals surface area contributed by atoms with Crippen LogP contribution in [-0.2, 0) is 16.1 Å². The Hall–Kier alpha value is -2.62. The van der Waals surface area contributed by atoms with Crippen LogP contribution >= 0.6 is 0 Å². The van der Waals surface area contributed by atoms with Gasteiger partial charge >= 0.3 is 0 Å². The van der Waals surface area contributed by atoms with Gasteiger partial charge in [-0.05, 0) is 30.2 Å². The van der Waals surface area contributed by atoms with Crippen LogP contribution in [0.1, 0.15) is 17.5 Å². The van der Waals surface area contributed by atoms with Gasteiger partial charge < -0.3 is 10.2 Å². The predicted octanol–water partition coefficient (Wildman–Crippen LogP) is 2.66. The lowest BCUT2D eigenvalue weighted by Crippen LogP contribution is -2.32. The summed E-state index contributed by atoms with van der Waals surface area (Å²) in [5.74, 6) is -0.334. The van der Waals surface area contributed by atoms with Crippen LogP contribution in [-0.4, -0.2) is 18.4 Å². The van der Waals surface area contributed by atoms with Crippen molar-refractivity contribution in [1.82, 2.24) is 5.32 Å². The van der Waals surface area contributed by atoms with Gasteiger partial charge in [-0.2, -0.15) is 0 Å². The summed E-state index contributed by atoms with van der Waals surface area (Å²) in [6, 6.07) is 17.5. The number of nitrogens with one attached hydrogen (secondary N) is 1. The molecule has 2 amide bonds. The van der Waals surface area contributed by atoms with Crippen LogP contribution in [0.5, 0.6) is 0 Å². The second-order valence-electron chi connectivity index (χ2n) is 5.89. The van der Waals surface area contributed by atoms with Gasteiger partial charge in [-0.25, -0.2) is 0 Å². The molecule has 4 nitrogen and oxygen atoms in total. The topological polar surface area (TPSA) is 49.4 Å². The highest BCUT2D eigenvalue weighted by Gasteiger charge is 2.34. The molecule has 1 saturated heterocycles. The summed E-state index contributed by atoms with van der Waals surface area (Å²) in [5, 5.41) is 2.96. The van der Waals surface area contributed by atoms with E-state index >= 15 is 0 Å². The second kappa shape index (κ2) is 6.65. The summed E-state index contributed by atoms with van der Waals surface area (Å²) in [5.41, 5.74) is 3.11. The van der Waals surface area contributed by atoms with Gasteiger partial charge in [0.05, 0.1) is 5.92 Å². The number of hydrogen-bond donors (Lipinski definition) is 1. The smallest absolute Gasteiger partial charge is 0.227 e. The molecule has 1 aliphatic heterocycles. The molecule has 0 bridgehead atoms. The molecule has 2 aromatic rings. The molecule has 1 heterocycles. The van der Waals surface area contributed by atoms with Gasteiger partial charge in [0.1, 0.15) is 0 Å². The van der Waals surface area contributed by atoms with Crippen LogP contribution in [0.2, 0.25) is 0 Å². The minimum atomic E-state index is -0.285. The summed E-state index contributed by atoms with van der Waals surface area (Å²) in [4.78, 5) is 26.2. The number of anilines is 1. The Bertz CT molecular complexity index is 712. The first-order chi connectivity index (χ1) is 11.1.